The van der Waals surface area contributed by atoms with Gasteiger partial charge in [-0.2, -0.15) is 0 Å². The van der Waals surface area contributed by atoms with Crippen molar-refractivity contribution >= 4 is 39.5 Å². The summed E-state index contributed by atoms with van der Waals surface area (Å²) in [5.74, 6) is -0.0352. The SMILES string of the molecule is CC(Sc1ccc(Br)cc1)C(=O)N1CCN(C(=O)c2cnccn2)CC1. The van der Waals surface area contributed by atoms with Crippen LogP contribution in [0.25, 0.3) is 0 Å². The molecule has 0 aliphatic carbocycles. The van der Waals surface area contributed by atoms with Crippen molar-refractivity contribution in [3.63, 3.8) is 0 Å². The molecule has 0 bridgehead atoms. The van der Waals surface area contributed by atoms with E-state index in [9.17, 15) is 9.59 Å². The maximum absolute atomic E-state index is 12.7. The molecule has 1 unspecified atom stereocenters. The number of hydrogen-bond donors (Lipinski definition) is 0. The third-order valence-electron chi connectivity index (χ3n) is 4.14. The Morgan fingerprint density at radius 3 is 2.35 bits per heavy atom. The Morgan fingerprint density at radius 1 is 1.08 bits per heavy atom. The molecule has 26 heavy (non-hydrogen) atoms. The van der Waals surface area contributed by atoms with E-state index in [4.69, 9.17) is 0 Å². The van der Waals surface area contributed by atoms with Gasteiger partial charge in [-0.25, -0.2) is 4.98 Å². The molecule has 3 rings (SSSR count). The molecule has 0 spiro atoms. The number of piperazine rings is 1. The highest BCUT2D eigenvalue weighted by Crippen LogP contribution is 2.26. The van der Waals surface area contributed by atoms with Gasteiger partial charge < -0.3 is 9.80 Å². The van der Waals surface area contributed by atoms with Crippen LogP contribution in [-0.2, 0) is 4.79 Å². The molecule has 1 saturated heterocycles. The monoisotopic (exact) mass is 434 g/mol. The van der Waals surface area contributed by atoms with Crippen LogP contribution in [0.4, 0.5) is 0 Å². The minimum Gasteiger partial charge on any atom is -0.338 e. The average molecular weight is 435 g/mol. The van der Waals surface area contributed by atoms with Gasteiger partial charge in [0.15, 0.2) is 0 Å². The standard InChI is InChI=1S/C18H19BrN4O2S/c1-13(26-15-4-2-14(19)3-5-15)17(24)22-8-10-23(11-9-22)18(25)16-12-20-6-7-21-16/h2-7,12-13H,8-11H2,1H3. The zero-order chi connectivity index (χ0) is 18.5. The molecule has 1 aromatic heterocycles. The highest BCUT2D eigenvalue weighted by molar-refractivity contribution is 9.10. The molecule has 1 aliphatic heterocycles. The predicted molar refractivity (Wildman–Crippen MR) is 104 cm³/mol. The minimum absolute atomic E-state index is 0.101. The fourth-order valence-corrected chi connectivity index (χ4v) is 3.94. The summed E-state index contributed by atoms with van der Waals surface area (Å²) in [6, 6.07) is 7.93. The molecule has 8 heteroatoms. The van der Waals surface area contributed by atoms with E-state index in [0.717, 1.165) is 9.37 Å². The van der Waals surface area contributed by atoms with Gasteiger partial charge in [0, 0.05) is 47.9 Å². The van der Waals surface area contributed by atoms with Gasteiger partial charge in [-0.3, -0.25) is 14.6 Å². The van der Waals surface area contributed by atoms with Crippen molar-refractivity contribution in [3.05, 3.63) is 53.0 Å². The van der Waals surface area contributed by atoms with Gasteiger partial charge in [-0.1, -0.05) is 15.9 Å². The number of amides is 2. The van der Waals surface area contributed by atoms with Crippen molar-refractivity contribution in [1.82, 2.24) is 19.8 Å². The first-order valence-electron chi connectivity index (χ1n) is 8.31. The van der Waals surface area contributed by atoms with E-state index in [1.807, 2.05) is 36.1 Å². The van der Waals surface area contributed by atoms with Gasteiger partial charge in [0.1, 0.15) is 5.69 Å². The van der Waals surface area contributed by atoms with Gasteiger partial charge >= 0.3 is 0 Å². The lowest BCUT2D eigenvalue weighted by Gasteiger charge is -2.35. The maximum Gasteiger partial charge on any atom is 0.274 e. The number of rotatable bonds is 4. The van der Waals surface area contributed by atoms with Crippen LogP contribution in [0, 0.1) is 0 Å². The van der Waals surface area contributed by atoms with Crippen molar-refractivity contribution < 1.29 is 9.59 Å². The summed E-state index contributed by atoms with van der Waals surface area (Å²) in [5.41, 5.74) is 0.339. The summed E-state index contributed by atoms with van der Waals surface area (Å²) in [6.07, 6.45) is 4.52. The van der Waals surface area contributed by atoms with Crippen LogP contribution in [0.5, 0.6) is 0 Å². The number of thioether (sulfide) groups is 1. The maximum atomic E-state index is 12.7. The summed E-state index contributed by atoms with van der Waals surface area (Å²) in [6.45, 7) is 4.02. The zero-order valence-corrected chi connectivity index (χ0v) is 16.7. The van der Waals surface area contributed by atoms with Gasteiger partial charge in [0.05, 0.1) is 11.4 Å². The Hall–Kier alpha value is -1.93. The first kappa shape index (κ1) is 18.8. The number of carbonyl (C=O) groups is 2. The van der Waals surface area contributed by atoms with Gasteiger partial charge in [0.2, 0.25) is 5.91 Å². The Bertz CT molecular complexity index is 765. The molecule has 2 amide bonds. The number of hydrogen-bond acceptors (Lipinski definition) is 5. The second-order valence-electron chi connectivity index (χ2n) is 5.92. The third-order valence-corrected chi connectivity index (χ3v) is 5.76. The van der Waals surface area contributed by atoms with Gasteiger partial charge in [0.25, 0.3) is 5.91 Å². The molecule has 0 radical (unpaired) electrons. The number of aromatic nitrogens is 2. The smallest absolute Gasteiger partial charge is 0.274 e. The quantitative estimate of drug-likeness (QED) is 0.691. The zero-order valence-electron chi connectivity index (χ0n) is 14.3. The van der Waals surface area contributed by atoms with Gasteiger partial charge in [-0.05, 0) is 31.2 Å². The van der Waals surface area contributed by atoms with Crippen LogP contribution in [0.3, 0.4) is 0 Å². The Labute approximate surface area is 165 Å². The van der Waals surface area contributed by atoms with Crippen molar-refractivity contribution in [3.8, 4) is 0 Å². The lowest BCUT2D eigenvalue weighted by molar-refractivity contribution is -0.131. The highest BCUT2D eigenvalue weighted by atomic mass is 79.9. The first-order chi connectivity index (χ1) is 12.5. The Morgan fingerprint density at radius 2 is 1.73 bits per heavy atom. The summed E-state index contributed by atoms with van der Waals surface area (Å²) >= 11 is 4.96. The van der Waals surface area contributed by atoms with E-state index in [-0.39, 0.29) is 17.1 Å². The molecule has 136 valence electrons. The third kappa shape index (κ3) is 4.62. The molecule has 2 aromatic rings. The molecule has 2 heterocycles. The van der Waals surface area contributed by atoms with E-state index < -0.39 is 0 Å². The molecule has 1 aromatic carbocycles. The lowest BCUT2D eigenvalue weighted by atomic mass is 10.2. The van der Waals surface area contributed by atoms with E-state index in [1.165, 1.54) is 18.6 Å². The fraction of sp³-hybridized carbons (Fsp3) is 0.333. The van der Waals surface area contributed by atoms with Crippen LogP contribution in [0.1, 0.15) is 17.4 Å². The largest absolute Gasteiger partial charge is 0.338 e. The normalized spacial score (nSPS) is 15.6. The second kappa shape index (κ2) is 8.64. The number of nitrogens with zero attached hydrogens (tertiary/aromatic N) is 4. The molecular weight excluding hydrogens is 416 g/mol. The molecule has 6 nitrogen and oxygen atoms in total. The van der Waals surface area contributed by atoms with Gasteiger partial charge in [-0.15, -0.1) is 11.8 Å². The highest BCUT2D eigenvalue weighted by Gasteiger charge is 2.28. The minimum atomic E-state index is -0.168. The van der Waals surface area contributed by atoms with Crippen molar-refractivity contribution in [2.24, 2.45) is 0 Å². The molecule has 0 N–H and O–H groups in total. The summed E-state index contributed by atoms with van der Waals surface area (Å²) < 4.78 is 1.02. The fourth-order valence-electron chi connectivity index (χ4n) is 2.73. The van der Waals surface area contributed by atoms with Crippen LogP contribution in [0.2, 0.25) is 0 Å². The first-order valence-corrected chi connectivity index (χ1v) is 9.98. The van der Waals surface area contributed by atoms with Crippen LogP contribution >= 0.6 is 27.7 Å². The lowest BCUT2D eigenvalue weighted by Crippen LogP contribution is -2.52. The number of benzene rings is 1. The molecular formula is C18H19BrN4O2S. The predicted octanol–water partition coefficient (Wildman–Crippen LogP) is 2.70. The van der Waals surface area contributed by atoms with Crippen molar-refractivity contribution in [1.29, 1.82) is 0 Å². The van der Waals surface area contributed by atoms with E-state index in [1.54, 1.807) is 16.7 Å². The van der Waals surface area contributed by atoms with Crippen LogP contribution < -0.4 is 0 Å². The van der Waals surface area contributed by atoms with Crippen LogP contribution in [0.15, 0.2) is 52.2 Å². The molecule has 1 atom stereocenters. The molecule has 1 fully saturated rings. The summed E-state index contributed by atoms with van der Waals surface area (Å²) in [7, 11) is 0. The Kier molecular flexibility index (Phi) is 6.26. The molecule has 0 saturated carbocycles. The molecule has 1 aliphatic rings. The number of carbonyl (C=O) groups excluding carboxylic acids is 2. The topological polar surface area (TPSA) is 66.4 Å². The Balaban J connectivity index is 1.53. The van der Waals surface area contributed by atoms with E-state index in [0.29, 0.717) is 31.9 Å². The number of halogens is 1. The van der Waals surface area contributed by atoms with Crippen LogP contribution in [-0.4, -0.2) is 63.0 Å². The average Bonchev–Trinajstić information content (AvgIpc) is 2.69. The second-order valence-corrected chi connectivity index (χ2v) is 8.25. The summed E-state index contributed by atoms with van der Waals surface area (Å²) in [4.78, 5) is 37.7. The van der Waals surface area contributed by atoms with E-state index >= 15 is 0 Å². The van der Waals surface area contributed by atoms with Crippen molar-refractivity contribution in [2.45, 2.75) is 17.1 Å². The summed E-state index contributed by atoms with van der Waals surface area (Å²) in [5, 5.41) is -0.168. The van der Waals surface area contributed by atoms with E-state index in [2.05, 4.69) is 25.9 Å². The van der Waals surface area contributed by atoms with Crippen molar-refractivity contribution in [2.75, 3.05) is 26.2 Å².